The van der Waals surface area contributed by atoms with Crippen molar-refractivity contribution in [1.82, 2.24) is 0 Å². The van der Waals surface area contributed by atoms with Crippen LogP contribution in [0.25, 0.3) is 0 Å². The molecule has 1 rings (SSSR count). The lowest BCUT2D eigenvalue weighted by molar-refractivity contribution is 0.0692. The van der Waals surface area contributed by atoms with Gasteiger partial charge in [0.1, 0.15) is 12.2 Å². The molecule has 1 aromatic rings. The highest BCUT2D eigenvalue weighted by Crippen LogP contribution is 2.28. The minimum Gasteiger partial charge on any atom is -0.490 e. The fourth-order valence-corrected chi connectivity index (χ4v) is 1.73. The third-order valence-electron chi connectivity index (χ3n) is 1.90. The molecule has 0 heterocycles. The number of carboxylic acid groups (broad SMARTS) is 1. The second-order valence-electron chi connectivity index (χ2n) is 3.40. The molecule has 17 heavy (non-hydrogen) atoms. The molecule has 0 bridgehead atoms. The van der Waals surface area contributed by atoms with Crippen molar-refractivity contribution in [3.8, 4) is 5.75 Å². The first-order valence-electron chi connectivity index (χ1n) is 4.63. The van der Waals surface area contributed by atoms with Crippen LogP contribution in [-0.4, -0.2) is 38.1 Å². The van der Waals surface area contributed by atoms with E-state index in [4.69, 9.17) is 21.4 Å². The Bertz CT molecular complexity index is 523. The van der Waals surface area contributed by atoms with E-state index in [1.807, 2.05) is 0 Å². The lowest BCUT2D eigenvalue weighted by Gasteiger charge is -2.10. The Balaban J connectivity index is 2.86. The average molecular weight is 279 g/mol. The maximum atomic E-state index is 10.9. The Labute approximate surface area is 104 Å². The standard InChI is InChI=1S/C10H11ClO5S/c1-17(14,15)6-5-16-9-7(10(12)13)3-2-4-8(9)11/h2-4H,5-6H2,1H3,(H,12,13). The van der Waals surface area contributed by atoms with Gasteiger partial charge in [-0.2, -0.15) is 0 Å². The van der Waals surface area contributed by atoms with Crippen LogP contribution in [0.15, 0.2) is 18.2 Å². The number of para-hydroxylation sites is 1. The van der Waals surface area contributed by atoms with Crippen LogP contribution >= 0.6 is 11.6 Å². The molecule has 94 valence electrons. The molecule has 7 heteroatoms. The number of aromatic carboxylic acids is 1. The van der Waals surface area contributed by atoms with Gasteiger partial charge >= 0.3 is 5.97 Å². The summed E-state index contributed by atoms with van der Waals surface area (Å²) in [7, 11) is -3.16. The third-order valence-corrected chi connectivity index (χ3v) is 3.10. The maximum absolute atomic E-state index is 10.9. The quantitative estimate of drug-likeness (QED) is 0.882. The number of rotatable bonds is 5. The highest BCUT2D eigenvalue weighted by Gasteiger charge is 2.15. The fraction of sp³-hybridized carbons (Fsp3) is 0.300. The minimum atomic E-state index is -3.16. The molecule has 0 aliphatic rings. The monoisotopic (exact) mass is 278 g/mol. The zero-order valence-electron chi connectivity index (χ0n) is 9.01. The summed E-state index contributed by atoms with van der Waals surface area (Å²) < 4.78 is 26.9. The molecule has 0 radical (unpaired) electrons. The van der Waals surface area contributed by atoms with E-state index in [-0.39, 0.29) is 28.7 Å². The van der Waals surface area contributed by atoms with Gasteiger partial charge in [0.15, 0.2) is 15.6 Å². The van der Waals surface area contributed by atoms with Gasteiger partial charge in [0.2, 0.25) is 0 Å². The van der Waals surface area contributed by atoms with Crippen LogP contribution in [0.1, 0.15) is 10.4 Å². The fourth-order valence-electron chi connectivity index (χ4n) is 1.12. The number of ether oxygens (including phenoxy) is 1. The number of benzene rings is 1. The summed E-state index contributed by atoms with van der Waals surface area (Å²) in [6.07, 6.45) is 1.07. The Hall–Kier alpha value is -1.27. The molecule has 1 N–H and O–H groups in total. The lowest BCUT2D eigenvalue weighted by Crippen LogP contribution is -2.13. The van der Waals surface area contributed by atoms with E-state index in [0.29, 0.717) is 0 Å². The predicted molar refractivity (Wildman–Crippen MR) is 63.6 cm³/mol. The SMILES string of the molecule is CS(=O)(=O)CCOc1c(Cl)cccc1C(=O)O. The lowest BCUT2D eigenvalue weighted by atomic mass is 10.2. The van der Waals surface area contributed by atoms with E-state index in [2.05, 4.69) is 0 Å². The molecule has 0 fully saturated rings. The van der Waals surface area contributed by atoms with Crippen molar-refractivity contribution in [1.29, 1.82) is 0 Å². The Morgan fingerprint density at radius 3 is 2.65 bits per heavy atom. The van der Waals surface area contributed by atoms with Crippen LogP contribution in [-0.2, 0) is 9.84 Å². The number of halogens is 1. The first-order chi connectivity index (χ1) is 7.81. The first-order valence-corrected chi connectivity index (χ1v) is 7.07. The molecule has 0 unspecified atom stereocenters. The summed E-state index contributed by atoms with van der Waals surface area (Å²) in [6, 6.07) is 4.29. The smallest absolute Gasteiger partial charge is 0.339 e. The van der Waals surface area contributed by atoms with Crippen molar-refractivity contribution in [3.63, 3.8) is 0 Å². The second-order valence-corrected chi connectivity index (χ2v) is 6.07. The zero-order chi connectivity index (χ0) is 13.1. The summed E-state index contributed by atoms with van der Waals surface area (Å²) >= 11 is 5.79. The van der Waals surface area contributed by atoms with Crippen LogP contribution in [0.5, 0.6) is 5.75 Å². The largest absolute Gasteiger partial charge is 0.490 e. The van der Waals surface area contributed by atoms with Gasteiger partial charge in [0, 0.05) is 6.26 Å². The number of sulfone groups is 1. The van der Waals surface area contributed by atoms with Gasteiger partial charge in [0.25, 0.3) is 0 Å². The number of carboxylic acids is 1. The van der Waals surface area contributed by atoms with E-state index in [0.717, 1.165) is 6.26 Å². The van der Waals surface area contributed by atoms with Gasteiger partial charge in [-0.05, 0) is 12.1 Å². The van der Waals surface area contributed by atoms with Crippen LogP contribution < -0.4 is 4.74 Å². The molecule has 0 amide bonds. The van der Waals surface area contributed by atoms with E-state index in [1.165, 1.54) is 18.2 Å². The van der Waals surface area contributed by atoms with Gasteiger partial charge in [0.05, 0.1) is 10.8 Å². The number of hydrogen-bond acceptors (Lipinski definition) is 4. The number of carbonyl (C=O) groups is 1. The van der Waals surface area contributed by atoms with Crippen molar-refractivity contribution < 1.29 is 23.1 Å². The van der Waals surface area contributed by atoms with Crippen LogP contribution in [0.4, 0.5) is 0 Å². The van der Waals surface area contributed by atoms with Gasteiger partial charge in [-0.1, -0.05) is 17.7 Å². The molecule has 0 atom stereocenters. The topological polar surface area (TPSA) is 80.7 Å². The molecule has 0 aromatic heterocycles. The summed E-state index contributed by atoms with van der Waals surface area (Å²) in [5.41, 5.74) is -0.0917. The van der Waals surface area contributed by atoms with Crippen LogP contribution in [0.3, 0.4) is 0 Å². The van der Waals surface area contributed by atoms with Gasteiger partial charge in [-0.15, -0.1) is 0 Å². The van der Waals surface area contributed by atoms with Crippen LogP contribution in [0.2, 0.25) is 5.02 Å². The minimum absolute atomic E-state index is 0.00897. The van der Waals surface area contributed by atoms with Gasteiger partial charge in [-0.3, -0.25) is 0 Å². The van der Waals surface area contributed by atoms with Crippen molar-refractivity contribution >= 4 is 27.4 Å². The molecule has 0 spiro atoms. The second kappa shape index (κ2) is 5.37. The third kappa shape index (κ3) is 4.24. The van der Waals surface area contributed by atoms with E-state index in [9.17, 15) is 13.2 Å². The van der Waals surface area contributed by atoms with Crippen LogP contribution in [0, 0.1) is 0 Å². The number of hydrogen-bond donors (Lipinski definition) is 1. The molecule has 0 aliphatic carbocycles. The summed E-state index contributed by atoms with van der Waals surface area (Å²) in [5, 5.41) is 9.03. The van der Waals surface area contributed by atoms with Crippen molar-refractivity contribution in [2.45, 2.75) is 0 Å². The molecule has 1 aromatic carbocycles. The Kier molecular flexibility index (Phi) is 4.36. The molecule has 0 aliphatic heterocycles. The average Bonchev–Trinajstić information content (AvgIpc) is 2.18. The summed E-state index contributed by atoms with van der Waals surface area (Å²) in [6.45, 7) is -0.136. The van der Waals surface area contributed by atoms with Gasteiger partial charge < -0.3 is 9.84 Å². The van der Waals surface area contributed by atoms with Crippen molar-refractivity contribution in [2.75, 3.05) is 18.6 Å². The normalized spacial score (nSPS) is 11.2. The molecular weight excluding hydrogens is 268 g/mol. The van der Waals surface area contributed by atoms with E-state index < -0.39 is 15.8 Å². The van der Waals surface area contributed by atoms with Gasteiger partial charge in [-0.25, -0.2) is 13.2 Å². The molecule has 0 saturated carbocycles. The first kappa shape index (κ1) is 13.8. The van der Waals surface area contributed by atoms with E-state index >= 15 is 0 Å². The predicted octanol–water partition coefficient (Wildman–Crippen LogP) is 1.46. The molecule has 0 saturated heterocycles. The van der Waals surface area contributed by atoms with Crippen molar-refractivity contribution in [2.24, 2.45) is 0 Å². The zero-order valence-corrected chi connectivity index (χ0v) is 10.6. The highest BCUT2D eigenvalue weighted by atomic mass is 35.5. The Morgan fingerprint density at radius 1 is 1.47 bits per heavy atom. The van der Waals surface area contributed by atoms with E-state index in [1.54, 1.807) is 0 Å². The molecule has 5 nitrogen and oxygen atoms in total. The Morgan fingerprint density at radius 2 is 2.12 bits per heavy atom. The maximum Gasteiger partial charge on any atom is 0.339 e. The summed E-state index contributed by atoms with van der Waals surface area (Å²) in [4.78, 5) is 10.9. The summed E-state index contributed by atoms with van der Waals surface area (Å²) in [5.74, 6) is -1.38. The molecular formula is C10H11ClO5S. The van der Waals surface area contributed by atoms with Crippen molar-refractivity contribution in [3.05, 3.63) is 28.8 Å². The highest BCUT2D eigenvalue weighted by molar-refractivity contribution is 7.90.